The minimum atomic E-state index is 0.0526. The van der Waals surface area contributed by atoms with E-state index in [1.165, 1.54) is 24.4 Å². The molecule has 1 N–H and O–H groups in total. The van der Waals surface area contributed by atoms with Crippen LogP contribution in [0.5, 0.6) is 0 Å². The highest BCUT2D eigenvalue weighted by Gasteiger charge is 2.33. The maximum Gasteiger partial charge on any atom is 0.263 e. The number of carbonyl (C=O) groups is 1. The van der Waals surface area contributed by atoms with Gasteiger partial charge in [-0.3, -0.25) is 9.69 Å². The largest absolute Gasteiger partial charge is 0.347 e. The van der Waals surface area contributed by atoms with Crippen molar-refractivity contribution in [3.63, 3.8) is 0 Å². The summed E-state index contributed by atoms with van der Waals surface area (Å²) in [5.74, 6) is 1.18. The van der Waals surface area contributed by atoms with E-state index >= 15 is 0 Å². The van der Waals surface area contributed by atoms with Crippen LogP contribution in [-0.4, -0.2) is 40.4 Å². The molecule has 4 nitrogen and oxygen atoms in total. The fourth-order valence-electron chi connectivity index (χ4n) is 2.82. The number of rotatable bonds is 4. The fraction of sp³-hybridized carbons (Fsp3) is 0.733. The van der Waals surface area contributed by atoms with E-state index in [2.05, 4.69) is 35.4 Å². The average molecular weight is 293 g/mol. The van der Waals surface area contributed by atoms with Crippen molar-refractivity contribution in [2.24, 2.45) is 5.92 Å². The van der Waals surface area contributed by atoms with Crippen molar-refractivity contribution >= 4 is 17.4 Å². The molecular formula is C15H23N3OS. The summed E-state index contributed by atoms with van der Waals surface area (Å²) < 4.78 is 4.41. The molecule has 1 aliphatic carbocycles. The molecule has 3 rings (SSSR count). The molecule has 1 aliphatic heterocycles. The van der Waals surface area contributed by atoms with Crippen LogP contribution < -0.4 is 5.32 Å². The molecule has 110 valence electrons. The number of nitrogens with zero attached hydrogens (tertiary/aromatic N) is 2. The van der Waals surface area contributed by atoms with Crippen LogP contribution in [0.2, 0.25) is 0 Å². The Labute approximate surface area is 124 Å². The fourth-order valence-corrected chi connectivity index (χ4v) is 3.54. The predicted molar refractivity (Wildman–Crippen MR) is 81.2 cm³/mol. The second-order valence-corrected chi connectivity index (χ2v) is 7.30. The van der Waals surface area contributed by atoms with Gasteiger partial charge in [0.15, 0.2) is 0 Å². The van der Waals surface area contributed by atoms with Crippen molar-refractivity contribution in [1.82, 2.24) is 14.6 Å². The summed E-state index contributed by atoms with van der Waals surface area (Å²) in [7, 11) is 0. The number of carbonyl (C=O) groups excluding carboxylic acids is 1. The van der Waals surface area contributed by atoms with Crippen LogP contribution in [0.15, 0.2) is 6.07 Å². The molecule has 2 unspecified atom stereocenters. The molecule has 2 fully saturated rings. The highest BCUT2D eigenvalue weighted by atomic mass is 32.1. The highest BCUT2D eigenvalue weighted by Crippen LogP contribution is 2.40. The van der Waals surface area contributed by atoms with Crippen LogP contribution in [0.4, 0.5) is 0 Å². The zero-order valence-electron chi connectivity index (χ0n) is 12.4. The van der Waals surface area contributed by atoms with Gasteiger partial charge < -0.3 is 5.32 Å². The van der Waals surface area contributed by atoms with Crippen molar-refractivity contribution in [2.45, 2.75) is 51.6 Å². The average Bonchev–Trinajstić information content (AvgIpc) is 3.01. The number of aromatic nitrogens is 1. The normalized spacial score (nSPS) is 27.2. The summed E-state index contributed by atoms with van der Waals surface area (Å²) in [6.07, 6.45) is 2.46. The van der Waals surface area contributed by atoms with E-state index in [1.54, 1.807) is 0 Å². The molecule has 2 atom stereocenters. The van der Waals surface area contributed by atoms with E-state index in [-0.39, 0.29) is 11.9 Å². The predicted octanol–water partition coefficient (Wildman–Crippen LogP) is 2.48. The van der Waals surface area contributed by atoms with Crippen molar-refractivity contribution in [1.29, 1.82) is 0 Å². The first kappa shape index (κ1) is 14.0. The number of hydrogen-bond donors (Lipinski definition) is 1. The summed E-state index contributed by atoms with van der Waals surface area (Å²) in [6.45, 7) is 8.66. The summed E-state index contributed by atoms with van der Waals surface area (Å²) in [5, 5.41) is 3.19. The Morgan fingerprint density at radius 3 is 2.80 bits per heavy atom. The van der Waals surface area contributed by atoms with Gasteiger partial charge in [0.25, 0.3) is 5.91 Å². The molecule has 0 aromatic carbocycles. The maximum atomic E-state index is 12.3. The molecule has 0 bridgehead atoms. The van der Waals surface area contributed by atoms with E-state index in [4.69, 9.17) is 0 Å². The van der Waals surface area contributed by atoms with Crippen molar-refractivity contribution in [3.8, 4) is 0 Å². The Morgan fingerprint density at radius 2 is 2.20 bits per heavy atom. The molecule has 5 heteroatoms. The van der Waals surface area contributed by atoms with Gasteiger partial charge in [-0.2, -0.15) is 4.37 Å². The van der Waals surface area contributed by atoms with Gasteiger partial charge >= 0.3 is 0 Å². The molecule has 1 aromatic heterocycles. The van der Waals surface area contributed by atoms with Gasteiger partial charge in [-0.25, -0.2) is 0 Å². The molecular weight excluding hydrogens is 270 g/mol. The van der Waals surface area contributed by atoms with Crippen LogP contribution in [-0.2, 0) is 0 Å². The van der Waals surface area contributed by atoms with Crippen LogP contribution in [0, 0.1) is 5.92 Å². The second kappa shape index (κ2) is 5.45. The van der Waals surface area contributed by atoms with Crippen molar-refractivity contribution in [2.75, 3.05) is 13.1 Å². The van der Waals surface area contributed by atoms with Gasteiger partial charge in [-0.1, -0.05) is 6.92 Å². The Bertz CT molecular complexity index is 495. The highest BCUT2D eigenvalue weighted by molar-refractivity contribution is 7.08. The molecule has 1 saturated heterocycles. The number of likely N-dealkylation sites (tertiary alicyclic amines) is 1. The van der Waals surface area contributed by atoms with Crippen molar-refractivity contribution < 1.29 is 4.79 Å². The van der Waals surface area contributed by atoms with Crippen LogP contribution in [0.3, 0.4) is 0 Å². The standard InChI is InChI=1S/C15H23N3OS/c1-9(2)18-7-10(3)13(8-18)16-15(19)14-6-12(17-20-14)11-4-5-11/h6,9-11,13H,4-5,7-8H2,1-3H3,(H,16,19). The molecule has 20 heavy (non-hydrogen) atoms. The van der Waals surface area contributed by atoms with E-state index in [0.717, 1.165) is 23.7 Å². The van der Waals surface area contributed by atoms with Crippen molar-refractivity contribution in [3.05, 3.63) is 16.6 Å². The van der Waals surface area contributed by atoms with E-state index < -0.39 is 0 Å². The minimum Gasteiger partial charge on any atom is -0.347 e. The molecule has 0 radical (unpaired) electrons. The third-order valence-electron chi connectivity index (χ3n) is 4.44. The summed E-state index contributed by atoms with van der Waals surface area (Å²) >= 11 is 1.34. The Hall–Kier alpha value is -0.940. The SMILES string of the molecule is CC1CN(C(C)C)CC1NC(=O)c1cc(C2CC2)ns1. The monoisotopic (exact) mass is 293 g/mol. The summed E-state index contributed by atoms with van der Waals surface area (Å²) in [4.78, 5) is 15.5. The van der Waals surface area contributed by atoms with Crippen LogP contribution in [0.1, 0.15) is 54.9 Å². The molecule has 1 aromatic rings. The second-order valence-electron chi connectivity index (χ2n) is 6.50. The van der Waals surface area contributed by atoms with Crippen LogP contribution >= 0.6 is 11.5 Å². The van der Waals surface area contributed by atoms with Gasteiger partial charge in [-0.05, 0) is 50.2 Å². The van der Waals surface area contributed by atoms with Gasteiger partial charge in [-0.15, -0.1) is 0 Å². The van der Waals surface area contributed by atoms with Gasteiger partial charge in [0.1, 0.15) is 4.88 Å². The zero-order valence-corrected chi connectivity index (χ0v) is 13.2. The Morgan fingerprint density at radius 1 is 1.45 bits per heavy atom. The summed E-state index contributed by atoms with van der Waals surface area (Å²) in [6, 6.07) is 2.79. The number of nitrogens with one attached hydrogen (secondary N) is 1. The third-order valence-corrected chi connectivity index (χ3v) is 5.24. The molecule has 0 spiro atoms. The minimum absolute atomic E-state index is 0.0526. The topological polar surface area (TPSA) is 45.2 Å². The van der Waals surface area contributed by atoms with Gasteiger partial charge in [0.2, 0.25) is 0 Å². The first-order valence-corrected chi connectivity index (χ1v) is 8.33. The molecule has 1 amide bonds. The lowest BCUT2D eigenvalue weighted by molar-refractivity contribution is 0.0935. The van der Waals surface area contributed by atoms with Gasteiger partial charge in [0.05, 0.1) is 5.69 Å². The van der Waals surface area contributed by atoms with Gasteiger partial charge in [0, 0.05) is 31.1 Å². The third kappa shape index (κ3) is 2.88. The number of hydrogen-bond acceptors (Lipinski definition) is 4. The molecule has 2 heterocycles. The first-order chi connectivity index (χ1) is 9.54. The molecule has 1 saturated carbocycles. The molecule has 2 aliphatic rings. The Balaban J connectivity index is 1.60. The van der Waals surface area contributed by atoms with E-state index in [9.17, 15) is 4.79 Å². The lowest BCUT2D eigenvalue weighted by Crippen LogP contribution is -2.40. The van der Waals surface area contributed by atoms with E-state index in [1.807, 2.05) is 6.07 Å². The lowest BCUT2D eigenvalue weighted by atomic mass is 10.1. The lowest BCUT2D eigenvalue weighted by Gasteiger charge is -2.20. The smallest absolute Gasteiger partial charge is 0.263 e. The quantitative estimate of drug-likeness (QED) is 0.927. The first-order valence-electron chi connectivity index (χ1n) is 7.56. The zero-order chi connectivity index (χ0) is 14.3. The van der Waals surface area contributed by atoms with Crippen LogP contribution in [0.25, 0.3) is 0 Å². The number of amides is 1. The Kier molecular flexibility index (Phi) is 3.82. The summed E-state index contributed by atoms with van der Waals surface area (Å²) in [5.41, 5.74) is 1.11. The van der Waals surface area contributed by atoms with E-state index in [0.29, 0.717) is 17.9 Å². The maximum absolute atomic E-state index is 12.3.